The lowest BCUT2D eigenvalue weighted by atomic mass is 9.91. The van der Waals surface area contributed by atoms with Crippen molar-refractivity contribution in [2.24, 2.45) is 0 Å². The van der Waals surface area contributed by atoms with Crippen LogP contribution < -0.4 is 14.8 Å². The Morgan fingerprint density at radius 3 is 2.26 bits per heavy atom. The normalized spacial score (nSPS) is 16.2. The van der Waals surface area contributed by atoms with Crippen LogP contribution in [-0.2, 0) is 24.6 Å². The molecule has 0 aliphatic carbocycles. The molecule has 3 N–H and O–H groups in total. The molecule has 0 spiro atoms. The van der Waals surface area contributed by atoms with Crippen LogP contribution in [0.3, 0.4) is 0 Å². The SMILES string of the molecule is CNC(=O)c1cccc(-c2cccc(COc3cc(OCc4cc(F)cc(F)c4)c(CN4C[C@H](O)C[C@H]4C(=O)O)cc3Cl)c2C)c1C. The molecule has 246 valence electrons. The smallest absolute Gasteiger partial charge is 0.321 e. The van der Waals surface area contributed by atoms with Crippen LogP contribution in [0.15, 0.2) is 66.7 Å². The van der Waals surface area contributed by atoms with Gasteiger partial charge in [0, 0.05) is 49.8 Å². The zero-order chi connectivity index (χ0) is 33.8. The number of carboxylic acid groups (broad SMARTS) is 1. The molecule has 0 radical (unpaired) electrons. The first kappa shape index (κ1) is 33.8. The number of aliphatic hydroxyl groups excluding tert-OH is 1. The molecule has 1 aliphatic rings. The Morgan fingerprint density at radius 1 is 0.915 bits per heavy atom. The number of carbonyl (C=O) groups is 2. The van der Waals surface area contributed by atoms with Crippen molar-refractivity contribution < 1.29 is 38.1 Å². The van der Waals surface area contributed by atoms with Gasteiger partial charge in [0.05, 0.1) is 11.1 Å². The molecule has 8 nitrogen and oxygen atoms in total. The second-order valence-electron chi connectivity index (χ2n) is 11.6. The zero-order valence-electron chi connectivity index (χ0n) is 26.1. The van der Waals surface area contributed by atoms with Gasteiger partial charge in [0.2, 0.25) is 0 Å². The Balaban J connectivity index is 1.43. The van der Waals surface area contributed by atoms with Gasteiger partial charge in [-0.25, -0.2) is 8.78 Å². The summed E-state index contributed by atoms with van der Waals surface area (Å²) in [6.07, 6.45) is -0.722. The van der Waals surface area contributed by atoms with E-state index >= 15 is 0 Å². The fraction of sp³-hybridized carbons (Fsp3) is 0.278. The van der Waals surface area contributed by atoms with Gasteiger partial charge in [0.1, 0.15) is 42.4 Å². The number of β-amino-alcohol motifs (C(OH)–C–C–N with tert-alkyl or cyclic N) is 1. The molecule has 2 atom stereocenters. The Kier molecular flexibility index (Phi) is 10.4. The second kappa shape index (κ2) is 14.5. The number of rotatable bonds is 11. The summed E-state index contributed by atoms with van der Waals surface area (Å²) in [5.74, 6) is -2.14. The highest BCUT2D eigenvalue weighted by molar-refractivity contribution is 6.32. The molecule has 1 aliphatic heterocycles. The largest absolute Gasteiger partial charge is 0.488 e. The molecule has 1 heterocycles. The molecule has 0 aromatic heterocycles. The fourth-order valence-electron chi connectivity index (χ4n) is 5.92. The number of benzene rings is 4. The summed E-state index contributed by atoms with van der Waals surface area (Å²) in [6.45, 7) is 4.08. The number of carbonyl (C=O) groups excluding carboxylic acids is 1. The molecule has 11 heteroatoms. The average molecular weight is 665 g/mol. The summed E-state index contributed by atoms with van der Waals surface area (Å²) in [4.78, 5) is 25.9. The van der Waals surface area contributed by atoms with Gasteiger partial charge < -0.3 is 25.0 Å². The van der Waals surface area contributed by atoms with Crippen molar-refractivity contribution >= 4 is 23.5 Å². The first-order valence-electron chi connectivity index (χ1n) is 15.0. The zero-order valence-corrected chi connectivity index (χ0v) is 26.9. The molecule has 47 heavy (non-hydrogen) atoms. The van der Waals surface area contributed by atoms with E-state index in [0.717, 1.165) is 46.0 Å². The highest BCUT2D eigenvalue weighted by Gasteiger charge is 2.36. The van der Waals surface area contributed by atoms with E-state index in [-0.39, 0.29) is 60.7 Å². The number of ether oxygens (including phenoxy) is 2. The Morgan fingerprint density at radius 2 is 1.57 bits per heavy atom. The Hall–Kier alpha value is -4.51. The Labute approximate surface area is 276 Å². The number of carboxylic acids is 1. The molecule has 0 unspecified atom stereocenters. The van der Waals surface area contributed by atoms with Crippen molar-refractivity contribution in [3.63, 3.8) is 0 Å². The van der Waals surface area contributed by atoms with Crippen molar-refractivity contribution in [2.45, 2.75) is 52.2 Å². The highest BCUT2D eigenvalue weighted by Crippen LogP contribution is 2.37. The van der Waals surface area contributed by atoms with Gasteiger partial charge >= 0.3 is 5.97 Å². The quantitative estimate of drug-likeness (QED) is 0.169. The summed E-state index contributed by atoms with van der Waals surface area (Å²) in [5.41, 5.74) is 5.91. The minimum absolute atomic E-state index is 0.0804. The number of halogens is 3. The maximum Gasteiger partial charge on any atom is 0.321 e. The molecule has 4 aromatic carbocycles. The summed E-state index contributed by atoms with van der Waals surface area (Å²) in [6, 6.07) is 16.8. The summed E-state index contributed by atoms with van der Waals surface area (Å²) >= 11 is 6.69. The molecule has 1 amide bonds. The first-order chi connectivity index (χ1) is 22.4. The minimum Gasteiger partial charge on any atom is -0.488 e. The number of aliphatic carboxylic acids is 1. The van der Waals surface area contributed by atoms with Crippen LogP contribution >= 0.6 is 11.6 Å². The number of likely N-dealkylation sites (tertiary alicyclic amines) is 1. The van der Waals surface area contributed by atoms with Crippen molar-refractivity contribution in [2.75, 3.05) is 13.6 Å². The van der Waals surface area contributed by atoms with E-state index in [1.54, 1.807) is 30.1 Å². The lowest BCUT2D eigenvalue weighted by Gasteiger charge is -2.23. The minimum atomic E-state index is -1.06. The second-order valence-corrected chi connectivity index (χ2v) is 12.0. The third kappa shape index (κ3) is 7.73. The lowest BCUT2D eigenvalue weighted by molar-refractivity contribution is -0.142. The van der Waals surface area contributed by atoms with Gasteiger partial charge in [-0.2, -0.15) is 0 Å². The molecule has 5 rings (SSSR count). The number of nitrogens with zero attached hydrogens (tertiary/aromatic N) is 1. The Bertz CT molecular complexity index is 1800. The van der Waals surface area contributed by atoms with Crippen molar-refractivity contribution in [3.05, 3.63) is 117 Å². The van der Waals surface area contributed by atoms with Gasteiger partial charge in [-0.15, -0.1) is 0 Å². The number of amides is 1. The van der Waals surface area contributed by atoms with E-state index < -0.39 is 29.7 Å². The van der Waals surface area contributed by atoms with Gasteiger partial charge in [-0.3, -0.25) is 14.5 Å². The van der Waals surface area contributed by atoms with E-state index in [4.69, 9.17) is 21.1 Å². The van der Waals surface area contributed by atoms with Crippen LogP contribution in [0, 0.1) is 25.5 Å². The van der Waals surface area contributed by atoms with Crippen molar-refractivity contribution in [1.29, 1.82) is 0 Å². The number of nitrogens with one attached hydrogen (secondary N) is 1. The van der Waals surface area contributed by atoms with E-state index in [0.29, 0.717) is 11.1 Å². The van der Waals surface area contributed by atoms with Crippen LogP contribution in [0.5, 0.6) is 11.5 Å². The van der Waals surface area contributed by atoms with Crippen molar-refractivity contribution in [1.82, 2.24) is 10.2 Å². The first-order valence-corrected chi connectivity index (χ1v) is 15.4. The third-order valence-electron chi connectivity index (χ3n) is 8.40. The molecular weight excluding hydrogens is 630 g/mol. The van der Waals surface area contributed by atoms with Gasteiger partial charge in [0.25, 0.3) is 5.91 Å². The predicted octanol–water partition coefficient (Wildman–Crippen LogP) is 6.44. The average Bonchev–Trinajstić information content (AvgIpc) is 3.40. The number of aliphatic hydroxyl groups is 1. The summed E-state index contributed by atoms with van der Waals surface area (Å²) in [7, 11) is 1.59. The van der Waals surface area contributed by atoms with Crippen LogP contribution in [0.25, 0.3) is 11.1 Å². The summed E-state index contributed by atoms with van der Waals surface area (Å²) in [5, 5.41) is 22.8. The highest BCUT2D eigenvalue weighted by atomic mass is 35.5. The topological polar surface area (TPSA) is 108 Å². The fourth-order valence-corrected chi connectivity index (χ4v) is 6.17. The van der Waals surface area contributed by atoms with Gasteiger partial charge in [-0.05, 0) is 71.5 Å². The summed E-state index contributed by atoms with van der Waals surface area (Å²) < 4.78 is 39.9. The molecule has 1 fully saturated rings. The molecule has 0 saturated carbocycles. The molecular formula is C36H35ClF2N2O6. The maximum absolute atomic E-state index is 13.9. The van der Waals surface area contributed by atoms with Crippen molar-refractivity contribution in [3.8, 4) is 22.6 Å². The van der Waals surface area contributed by atoms with Gasteiger partial charge in [-0.1, -0.05) is 41.9 Å². The van der Waals surface area contributed by atoms with Crippen LogP contribution in [0.1, 0.15) is 44.6 Å². The van der Waals surface area contributed by atoms with E-state index in [2.05, 4.69) is 5.32 Å². The van der Waals surface area contributed by atoms with E-state index in [1.807, 2.05) is 44.2 Å². The van der Waals surface area contributed by atoms with Crippen LogP contribution in [0.4, 0.5) is 8.78 Å². The lowest BCUT2D eigenvalue weighted by Crippen LogP contribution is -2.35. The van der Waals surface area contributed by atoms with Crippen LogP contribution in [-0.4, -0.2) is 52.7 Å². The molecule has 0 bridgehead atoms. The number of hydrogen-bond donors (Lipinski definition) is 3. The number of hydrogen-bond acceptors (Lipinski definition) is 6. The van der Waals surface area contributed by atoms with E-state index in [9.17, 15) is 28.6 Å². The molecule has 1 saturated heterocycles. The van der Waals surface area contributed by atoms with Gasteiger partial charge in [0.15, 0.2) is 0 Å². The third-order valence-corrected chi connectivity index (χ3v) is 8.69. The predicted molar refractivity (Wildman–Crippen MR) is 174 cm³/mol. The standard InChI is InChI=1S/C36H35ClF2N2O6/c1-20-23(6-4-7-28(20)29-8-5-9-30(21(29)2)35(43)40-3)19-47-34-15-33(46-18-22-10-25(38)13-26(39)11-22)24(12-31(34)37)16-41-17-27(42)14-32(41)36(44)45/h4-13,15,27,32,42H,14,16-19H2,1-3H3,(H,40,43)(H,44,45)/t27-,32+/m1/s1. The maximum atomic E-state index is 13.9. The van der Waals surface area contributed by atoms with E-state index in [1.165, 1.54) is 0 Å². The monoisotopic (exact) mass is 664 g/mol. The van der Waals surface area contributed by atoms with Crippen LogP contribution in [0.2, 0.25) is 5.02 Å². The molecule has 4 aromatic rings.